The molecule has 0 N–H and O–H groups in total. The molecular formula is C18H31O2Si. The minimum Gasteiger partial charge on any atom is -0.385 e. The molecule has 0 fully saturated rings. The minimum atomic E-state index is -1.52. The van der Waals surface area contributed by atoms with Gasteiger partial charge in [-0.3, -0.25) is 0 Å². The fraction of sp³-hybridized carbons (Fsp3) is 0.667. The zero-order chi connectivity index (χ0) is 16.3. The highest BCUT2D eigenvalue weighted by atomic mass is 28.3. The standard InChI is InChI=1S/C18H31O2Si/c1-9-14(2)15-12-10-11-13-16(15)21(19-17(3,4)5)20-18(6,7)8/h10-14H,9H2,1-8H3. The van der Waals surface area contributed by atoms with E-state index in [0.29, 0.717) is 5.92 Å². The van der Waals surface area contributed by atoms with Crippen LogP contribution in [-0.2, 0) is 8.85 Å². The van der Waals surface area contributed by atoms with Gasteiger partial charge in [-0.1, -0.05) is 38.1 Å². The summed E-state index contributed by atoms with van der Waals surface area (Å²) in [5, 5.41) is 1.25. The van der Waals surface area contributed by atoms with Gasteiger partial charge in [0.25, 0.3) is 0 Å². The normalized spacial score (nSPS) is 14.5. The first-order chi connectivity index (χ1) is 9.53. The smallest absolute Gasteiger partial charge is 0.385 e. The summed E-state index contributed by atoms with van der Waals surface area (Å²) in [7, 11) is -1.52. The summed E-state index contributed by atoms with van der Waals surface area (Å²) >= 11 is 0. The Morgan fingerprint density at radius 1 is 0.952 bits per heavy atom. The van der Waals surface area contributed by atoms with Gasteiger partial charge >= 0.3 is 9.28 Å². The van der Waals surface area contributed by atoms with Crippen molar-refractivity contribution in [2.75, 3.05) is 0 Å². The molecule has 1 rings (SSSR count). The Hall–Kier alpha value is -0.643. The van der Waals surface area contributed by atoms with Crippen molar-refractivity contribution in [3.63, 3.8) is 0 Å². The van der Waals surface area contributed by atoms with Crippen LogP contribution in [0.5, 0.6) is 0 Å². The van der Waals surface area contributed by atoms with Crippen LogP contribution < -0.4 is 5.19 Å². The molecule has 1 aromatic rings. The summed E-state index contributed by atoms with van der Waals surface area (Å²) in [6.45, 7) is 17.1. The van der Waals surface area contributed by atoms with Crippen molar-refractivity contribution in [2.45, 2.75) is 78.9 Å². The maximum atomic E-state index is 6.31. The predicted molar refractivity (Wildman–Crippen MR) is 92.2 cm³/mol. The average molecular weight is 308 g/mol. The molecule has 0 aromatic heterocycles. The van der Waals surface area contributed by atoms with E-state index in [1.54, 1.807) is 0 Å². The topological polar surface area (TPSA) is 18.5 Å². The molecule has 2 nitrogen and oxygen atoms in total. The first-order valence-electron chi connectivity index (χ1n) is 7.88. The lowest BCUT2D eigenvalue weighted by atomic mass is 9.99. The van der Waals surface area contributed by atoms with Crippen LogP contribution in [0.15, 0.2) is 24.3 Å². The van der Waals surface area contributed by atoms with E-state index in [9.17, 15) is 0 Å². The molecule has 0 aliphatic rings. The van der Waals surface area contributed by atoms with Crippen molar-refractivity contribution >= 4 is 14.5 Å². The molecule has 3 heteroatoms. The van der Waals surface area contributed by atoms with E-state index in [2.05, 4.69) is 79.7 Å². The molecule has 0 aliphatic heterocycles. The van der Waals surface area contributed by atoms with Gasteiger partial charge in [-0.05, 0) is 64.6 Å². The molecule has 1 radical (unpaired) electrons. The van der Waals surface area contributed by atoms with Gasteiger partial charge in [0.2, 0.25) is 0 Å². The van der Waals surface area contributed by atoms with E-state index >= 15 is 0 Å². The molecule has 0 saturated carbocycles. The van der Waals surface area contributed by atoms with Crippen molar-refractivity contribution in [1.29, 1.82) is 0 Å². The van der Waals surface area contributed by atoms with Crippen molar-refractivity contribution in [3.8, 4) is 0 Å². The molecule has 0 heterocycles. The maximum absolute atomic E-state index is 6.31. The molecule has 0 saturated heterocycles. The number of hydrogen-bond acceptors (Lipinski definition) is 2. The highest BCUT2D eigenvalue weighted by molar-refractivity contribution is 6.62. The van der Waals surface area contributed by atoms with Crippen molar-refractivity contribution in [3.05, 3.63) is 29.8 Å². The van der Waals surface area contributed by atoms with Crippen LogP contribution >= 0.6 is 0 Å². The van der Waals surface area contributed by atoms with Gasteiger partial charge in [0, 0.05) is 0 Å². The summed E-state index contributed by atoms with van der Waals surface area (Å²) in [5.74, 6) is 0.522. The molecule has 0 spiro atoms. The Balaban J connectivity index is 3.19. The van der Waals surface area contributed by atoms with Crippen LogP contribution in [0.3, 0.4) is 0 Å². The van der Waals surface area contributed by atoms with Crippen molar-refractivity contribution in [1.82, 2.24) is 0 Å². The van der Waals surface area contributed by atoms with E-state index in [1.807, 2.05) is 0 Å². The zero-order valence-corrected chi connectivity index (χ0v) is 15.9. The Kier molecular flexibility index (Phi) is 6.20. The van der Waals surface area contributed by atoms with Crippen LogP contribution in [0, 0.1) is 0 Å². The maximum Gasteiger partial charge on any atom is 0.424 e. The molecule has 1 unspecified atom stereocenters. The van der Waals surface area contributed by atoms with Gasteiger partial charge < -0.3 is 8.85 Å². The Morgan fingerprint density at radius 3 is 1.86 bits per heavy atom. The van der Waals surface area contributed by atoms with E-state index in [0.717, 1.165) is 6.42 Å². The molecule has 0 amide bonds. The van der Waals surface area contributed by atoms with Crippen LogP contribution in [0.2, 0.25) is 0 Å². The quantitative estimate of drug-likeness (QED) is 0.744. The molecular weight excluding hydrogens is 276 g/mol. The fourth-order valence-electron chi connectivity index (χ4n) is 2.02. The van der Waals surface area contributed by atoms with E-state index in [-0.39, 0.29) is 11.2 Å². The monoisotopic (exact) mass is 307 g/mol. The second-order valence-corrected chi connectivity index (χ2v) is 9.13. The van der Waals surface area contributed by atoms with E-state index < -0.39 is 9.28 Å². The summed E-state index contributed by atoms with van der Waals surface area (Å²) in [6.07, 6.45) is 1.12. The Labute approximate surface area is 132 Å². The van der Waals surface area contributed by atoms with Crippen molar-refractivity contribution < 1.29 is 8.85 Å². The highest BCUT2D eigenvalue weighted by Crippen LogP contribution is 2.21. The number of rotatable bonds is 5. The third-order valence-electron chi connectivity index (χ3n) is 3.12. The molecule has 119 valence electrons. The number of hydrogen-bond donors (Lipinski definition) is 0. The molecule has 0 aliphatic carbocycles. The third kappa shape index (κ3) is 6.33. The molecule has 0 bridgehead atoms. The summed E-state index contributed by atoms with van der Waals surface area (Å²) in [5.41, 5.74) is 0.951. The predicted octanol–water partition coefficient (Wildman–Crippen LogP) is 4.53. The second-order valence-electron chi connectivity index (χ2n) is 7.61. The van der Waals surface area contributed by atoms with Gasteiger partial charge in [-0.15, -0.1) is 0 Å². The lowest BCUT2D eigenvalue weighted by Crippen LogP contribution is -2.48. The van der Waals surface area contributed by atoms with Crippen LogP contribution in [0.25, 0.3) is 0 Å². The van der Waals surface area contributed by atoms with Gasteiger partial charge in [0.15, 0.2) is 0 Å². The largest absolute Gasteiger partial charge is 0.424 e. The number of benzene rings is 1. The van der Waals surface area contributed by atoms with E-state index in [1.165, 1.54) is 10.8 Å². The Bertz CT molecular complexity index is 427. The SMILES string of the molecule is CCC(C)c1ccccc1[Si](OC(C)(C)C)OC(C)(C)C. The van der Waals surface area contributed by atoms with Crippen LogP contribution in [0.4, 0.5) is 0 Å². The average Bonchev–Trinajstić information content (AvgIpc) is 2.33. The molecule has 1 aromatic carbocycles. The summed E-state index contributed by atoms with van der Waals surface area (Å²) in [6, 6.07) is 8.59. The van der Waals surface area contributed by atoms with Gasteiger partial charge in [-0.25, -0.2) is 0 Å². The first kappa shape index (κ1) is 18.4. The van der Waals surface area contributed by atoms with Gasteiger partial charge in [0.1, 0.15) is 0 Å². The van der Waals surface area contributed by atoms with Crippen LogP contribution in [0.1, 0.15) is 73.3 Å². The molecule has 21 heavy (non-hydrogen) atoms. The van der Waals surface area contributed by atoms with Crippen molar-refractivity contribution in [2.24, 2.45) is 0 Å². The third-order valence-corrected chi connectivity index (χ3v) is 5.61. The highest BCUT2D eigenvalue weighted by Gasteiger charge is 2.32. The molecule has 1 atom stereocenters. The zero-order valence-electron chi connectivity index (χ0n) is 14.9. The minimum absolute atomic E-state index is 0.206. The lowest BCUT2D eigenvalue weighted by Gasteiger charge is -2.32. The van der Waals surface area contributed by atoms with Gasteiger partial charge in [-0.2, -0.15) is 0 Å². The summed E-state index contributed by atoms with van der Waals surface area (Å²) in [4.78, 5) is 0. The first-order valence-corrected chi connectivity index (χ1v) is 9.19. The fourth-order valence-corrected chi connectivity index (χ4v) is 4.19. The lowest BCUT2D eigenvalue weighted by molar-refractivity contribution is 0.0407. The Morgan fingerprint density at radius 2 is 1.43 bits per heavy atom. The van der Waals surface area contributed by atoms with Crippen LogP contribution in [-0.4, -0.2) is 20.5 Å². The van der Waals surface area contributed by atoms with Gasteiger partial charge in [0.05, 0.1) is 11.2 Å². The summed E-state index contributed by atoms with van der Waals surface area (Å²) < 4.78 is 12.6. The van der Waals surface area contributed by atoms with E-state index in [4.69, 9.17) is 8.85 Å². The second kappa shape index (κ2) is 7.08.